The highest BCUT2D eigenvalue weighted by Crippen LogP contribution is 2.42. The molecule has 1 saturated carbocycles. The Morgan fingerprint density at radius 2 is 1.82 bits per heavy atom. The molecule has 0 radical (unpaired) electrons. The third-order valence-electron chi connectivity index (χ3n) is 7.34. The van der Waals surface area contributed by atoms with E-state index < -0.39 is 0 Å². The molecule has 1 aliphatic carbocycles. The molecule has 3 fully saturated rings. The number of hydrogen-bond acceptors (Lipinski definition) is 6. The molecule has 2 amide bonds. The smallest absolute Gasteiger partial charge is 0.414 e. The Balaban J connectivity index is 1.42. The van der Waals surface area contributed by atoms with Gasteiger partial charge in [-0.05, 0) is 77.2 Å². The summed E-state index contributed by atoms with van der Waals surface area (Å²) in [6, 6.07) is 6.80. The lowest BCUT2D eigenvalue weighted by Gasteiger charge is -2.41. The lowest BCUT2D eigenvalue weighted by atomic mass is 9.96. The van der Waals surface area contributed by atoms with Gasteiger partial charge < -0.3 is 15.0 Å². The van der Waals surface area contributed by atoms with Gasteiger partial charge in [0, 0.05) is 37.5 Å². The largest absolute Gasteiger partial charge is 0.446 e. The number of piperidine rings is 1. The Morgan fingerprint density at radius 1 is 1.06 bits per heavy atom. The van der Waals surface area contributed by atoms with E-state index in [1.807, 2.05) is 31.7 Å². The van der Waals surface area contributed by atoms with Crippen molar-refractivity contribution in [3.63, 3.8) is 0 Å². The maximum atomic E-state index is 13.1. The number of hydrogen-bond donors (Lipinski definition) is 2. The van der Waals surface area contributed by atoms with Crippen molar-refractivity contribution < 1.29 is 14.3 Å². The molecule has 1 unspecified atom stereocenters. The fraction of sp³-hybridized carbons (Fsp3) is 0.680. The average Bonchev–Trinajstić information content (AvgIpc) is 3.54. The molecule has 2 saturated heterocycles. The summed E-state index contributed by atoms with van der Waals surface area (Å²) in [6.07, 6.45) is 3.73. The van der Waals surface area contributed by atoms with E-state index in [-0.39, 0.29) is 30.1 Å². The monoisotopic (exact) mass is 455 g/mol. The predicted octanol–water partition coefficient (Wildman–Crippen LogP) is 2.84. The number of hydrazine groups is 1. The fourth-order valence-corrected chi connectivity index (χ4v) is 5.41. The van der Waals surface area contributed by atoms with E-state index in [0.29, 0.717) is 18.5 Å². The summed E-state index contributed by atoms with van der Waals surface area (Å²) >= 11 is 0. The third-order valence-corrected chi connectivity index (χ3v) is 7.34. The molecule has 3 heterocycles. The van der Waals surface area contributed by atoms with E-state index in [9.17, 15) is 9.59 Å². The Labute approximate surface area is 196 Å². The molecule has 0 aromatic heterocycles. The maximum Gasteiger partial charge on any atom is 0.414 e. The van der Waals surface area contributed by atoms with Crippen LogP contribution in [0.25, 0.3) is 0 Å². The zero-order valence-corrected chi connectivity index (χ0v) is 20.0. The summed E-state index contributed by atoms with van der Waals surface area (Å²) in [5, 5.41) is 5.84. The normalized spacial score (nSPS) is 26.5. The van der Waals surface area contributed by atoms with Crippen LogP contribution in [0.2, 0.25) is 0 Å². The van der Waals surface area contributed by atoms with Crippen molar-refractivity contribution in [3.05, 3.63) is 23.8 Å². The SMILES string of the molecule is CC(C)OC(=O)N1C[C@H](C)N(C(=O)C2CC2)c2ccc(C3CNN(C4CCNCC4)C3)cc21. The molecule has 8 nitrogen and oxygen atoms in total. The summed E-state index contributed by atoms with van der Waals surface area (Å²) in [7, 11) is 0. The lowest BCUT2D eigenvalue weighted by molar-refractivity contribution is -0.120. The molecule has 2 atom stereocenters. The van der Waals surface area contributed by atoms with Crippen LogP contribution in [-0.2, 0) is 9.53 Å². The van der Waals surface area contributed by atoms with E-state index in [0.717, 1.165) is 63.2 Å². The van der Waals surface area contributed by atoms with Crippen molar-refractivity contribution in [2.75, 3.05) is 42.5 Å². The van der Waals surface area contributed by atoms with Crippen LogP contribution >= 0.6 is 0 Å². The average molecular weight is 456 g/mol. The van der Waals surface area contributed by atoms with Crippen LogP contribution in [-0.4, -0.2) is 67.9 Å². The van der Waals surface area contributed by atoms with Crippen molar-refractivity contribution in [2.45, 2.75) is 70.6 Å². The number of nitrogens with one attached hydrogen (secondary N) is 2. The predicted molar refractivity (Wildman–Crippen MR) is 128 cm³/mol. The van der Waals surface area contributed by atoms with Crippen LogP contribution in [0.5, 0.6) is 0 Å². The van der Waals surface area contributed by atoms with Crippen molar-refractivity contribution in [2.24, 2.45) is 5.92 Å². The Bertz CT molecular complexity index is 896. The molecule has 4 aliphatic rings. The second-order valence-corrected chi connectivity index (χ2v) is 10.3. The van der Waals surface area contributed by atoms with Gasteiger partial charge >= 0.3 is 6.09 Å². The second kappa shape index (κ2) is 9.24. The number of carbonyl (C=O) groups is 2. The highest BCUT2D eigenvalue weighted by atomic mass is 16.6. The number of carbonyl (C=O) groups excluding carboxylic acids is 2. The summed E-state index contributed by atoms with van der Waals surface area (Å²) < 4.78 is 5.57. The van der Waals surface area contributed by atoms with Gasteiger partial charge in [0.05, 0.1) is 23.5 Å². The fourth-order valence-electron chi connectivity index (χ4n) is 5.41. The van der Waals surface area contributed by atoms with Gasteiger partial charge in [-0.15, -0.1) is 0 Å². The van der Waals surface area contributed by atoms with Gasteiger partial charge in [-0.1, -0.05) is 6.07 Å². The number of rotatable bonds is 4. The van der Waals surface area contributed by atoms with E-state index >= 15 is 0 Å². The van der Waals surface area contributed by atoms with E-state index in [1.165, 1.54) is 5.56 Å². The first-order valence-corrected chi connectivity index (χ1v) is 12.6. The Kier molecular flexibility index (Phi) is 6.33. The van der Waals surface area contributed by atoms with Crippen LogP contribution in [0.15, 0.2) is 18.2 Å². The van der Waals surface area contributed by atoms with Gasteiger partial charge in [-0.3, -0.25) is 15.1 Å². The van der Waals surface area contributed by atoms with Crippen molar-refractivity contribution in [1.82, 2.24) is 15.8 Å². The number of fused-ring (bicyclic) bond motifs is 1. The molecule has 180 valence electrons. The summed E-state index contributed by atoms with van der Waals surface area (Å²) in [6.45, 7) is 10.2. The van der Waals surface area contributed by atoms with E-state index in [4.69, 9.17) is 4.74 Å². The highest BCUT2D eigenvalue weighted by molar-refractivity contribution is 6.04. The minimum Gasteiger partial charge on any atom is -0.446 e. The van der Waals surface area contributed by atoms with Crippen LogP contribution < -0.4 is 20.5 Å². The van der Waals surface area contributed by atoms with Gasteiger partial charge in [0.1, 0.15) is 0 Å². The maximum absolute atomic E-state index is 13.1. The topological polar surface area (TPSA) is 77.2 Å². The Morgan fingerprint density at radius 3 is 2.52 bits per heavy atom. The zero-order valence-electron chi connectivity index (χ0n) is 20.0. The Hall–Kier alpha value is -2.16. The van der Waals surface area contributed by atoms with Crippen molar-refractivity contribution in [1.29, 1.82) is 0 Å². The molecular weight excluding hydrogens is 418 g/mol. The minimum atomic E-state index is -0.338. The molecule has 8 heteroatoms. The van der Waals surface area contributed by atoms with Gasteiger partial charge in [0.25, 0.3) is 0 Å². The summed E-state index contributed by atoms with van der Waals surface area (Å²) in [4.78, 5) is 29.8. The van der Waals surface area contributed by atoms with Crippen LogP contribution in [0, 0.1) is 5.92 Å². The molecule has 1 aromatic rings. The summed E-state index contributed by atoms with van der Waals surface area (Å²) in [5.74, 6) is 0.666. The molecule has 0 bridgehead atoms. The van der Waals surface area contributed by atoms with E-state index in [2.05, 4.69) is 27.9 Å². The molecule has 3 aliphatic heterocycles. The quantitative estimate of drug-likeness (QED) is 0.727. The molecule has 1 aromatic carbocycles. The van der Waals surface area contributed by atoms with E-state index in [1.54, 1.807) is 4.90 Å². The number of nitrogens with zero attached hydrogens (tertiary/aromatic N) is 3. The molecule has 33 heavy (non-hydrogen) atoms. The standard InChI is InChI=1S/C25H37N5O3/c1-16(2)33-25(32)28-14-17(3)30(24(31)18-4-5-18)22-7-6-19(12-23(22)28)20-13-27-29(15-20)21-8-10-26-11-9-21/h6-7,12,16-18,20-21,26-27H,4-5,8-11,13-15H2,1-3H3/t17-,20?/m0/s1. The number of amides is 2. The first-order chi connectivity index (χ1) is 15.9. The third kappa shape index (κ3) is 4.61. The number of benzene rings is 1. The van der Waals surface area contributed by atoms with Gasteiger partial charge in [-0.2, -0.15) is 0 Å². The molecule has 0 spiro atoms. The zero-order chi connectivity index (χ0) is 23.1. The lowest BCUT2D eigenvalue weighted by Crippen LogP contribution is -2.52. The minimum absolute atomic E-state index is 0.0836. The van der Waals surface area contributed by atoms with Crippen LogP contribution in [0.1, 0.15) is 57.9 Å². The van der Waals surface area contributed by atoms with Crippen molar-refractivity contribution in [3.8, 4) is 0 Å². The van der Waals surface area contributed by atoms with Gasteiger partial charge in [0.2, 0.25) is 5.91 Å². The van der Waals surface area contributed by atoms with Crippen molar-refractivity contribution >= 4 is 23.4 Å². The summed E-state index contributed by atoms with van der Waals surface area (Å²) in [5.41, 5.74) is 6.44. The molecular formula is C25H37N5O3. The first-order valence-electron chi connectivity index (χ1n) is 12.6. The van der Waals surface area contributed by atoms with Crippen LogP contribution in [0.4, 0.5) is 16.2 Å². The first kappa shape index (κ1) is 22.6. The van der Waals surface area contributed by atoms with Gasteiger partial charge in [-0.25, -0.2) is 9.80 Å². The van der Waals surface area contributed by atoms with Gasteiger partial charge in [0.15, 0.2) is 0 Å². The second-order valence-electron chi connectivity index (χ2n) is 10.3. The molecule has 5 rings (SSSR count). The highest BCUT2D eigenvalue weighted by Gasteiger charge is 2.42. The number of ether oxygens (including phenoxy) is 1. The molecule has 2 N–H and O–H groups in total. The van der Waals surface area contributed by atoms with Crippen LogP contribution in [0.3, 0.4) is 0 Å². The number of anilines is 2.